The van der Waals surface area contributed by atoms with E-state index in [2.05, 4.69) is 39.3 Å². The second-order valence-electron chi connectivity index (χ2n) is 7.04. The van der Waals surface area contributed by atoms with Crippen LogP contribution in [0.1, 0.15) is 55.7 Å². The number of nitrogens with one attached hydrogen (secondary N) is 2. The summed E-state index contributed by atoms with van der Waals surface area (Å²) in [7, 11) is 0. The van der Waals surface area contributed by atoms with Crippen molar-refractivity contribution >= 4 is 29.1 Å². The van der Waals surface area contributed by atoms with Gasteiger partial charge in [0, 0.05) is 37.1 Å². The predicted octanol–water partition coefficient (Wildman–Crippen LogP) is 3.41. The normalized spacial score (nSPS) is 13.7. The summed E-state index contributed by atoms with van der Waals surface area (Å²) in [5.74, 6) is 0.429. The van der Waals surface area contributed by atoms with Gasteiger partial charge in [-0.25, -0.2) is 9.97 Å². The van der Waals surface area contributed by atoms with Gasteiger partial charge in [0.25, 0.3) is 5.91 Å². The maximum atomic E-state index is 12.7. The molecule has 0 spiro atoms. The minimum Gasteiger partial charge on any atom is -0.341 e. The summed E-state index contributed by atoms with van der Waals surface area (Å²) in [4.78, 5) is 35.1. The third kappa shape index (κ3) is 4.81. The highest BCUT2D eigenvalue weighted by atomic mass is 16.2. The summed E-state index contributed by atoms with van der Waals surface area (Å²) in [5, 5.41) is 5.56. The molecule has 1 aromatic carbocycles. The first-order valence-corrected chi connectivity index (χ1v) is 9.25. The van der Waals surface area contributed by atoms with Crippen LogP contribution in [0, 0.1) is 0 Å². The van der Waals surface area contributed by atoms with Crippen LogP contribution < -0.4 is 15.5 Å². The minimum atomic E-state index is -0.271. The van der Waals surface area contributed by atoms with E-state index in [-0.39, 0.29) is 17.7 Å². The largest absolute Gasteiger partial charge is 0.341 e. The van der Waals surface area contributed by atoms with Crippen LogP contribution in [-0.2, 0) is 4.79 Å². The Balaban J connectivity index is 1.79. The smallest absolute Gasteiger partial charge is 0.274 e. The van der Waals surface area contributed by atoms with Gasteiger partial charge in [-0.15, -0.1) is 0 Å². The van der Waals surface area contributed by atoms with E-state index in [1.165, 1.54) is 6.92 Å². The summed E-state index contributed by atoms with van der Waals surface area (Å²) in [6.45, 7) is 7.41. The Morgan fingerprint density at radius 2 is 1.59 bits per heavy atom. The van der Waals surface area contributed by atoms with Gasteiger partial charge in [-0.1, -0.05) is 13.8 Å². The third-order valence-corrected chi connectivity index (χ3v) is 4.41. The van der Waals surface area contributed by atoms with Gasteiger partial charge in [0.15, 0.2) is 0 Å². The lowest BCUT2D eigenvalue weighted by Gasteiger charge is -2.18. The molecule has 0 aliphatic carbocycles. The zero-order valence-corrected chi connectivity index (χ0v) is 16.0. The Hall–Kier alpha value is -2.96. The van der Waals surface area contributed by atoms with Crippen LogP contribution in [0.15, 0.2) is 30.3 Å². The van der Waals surface area contributed by atoms with Gasteiger partial charge in [0.2, 0.25) is 11.9 Å². The minimum absolute atomic E-state index is 0.136. The molecule has 0 saturated carbocycles. The first kappa shape index (κ1) is 18.8. The van der Waals surface area contributed by atoms with Gasteiger partial charge >= 0.3 is 0 Å². The molecule has 2 aromatic rings. The van der Waals surface area contributed by atoms with Gasteiger partial charge in [-0.2, -0.15) is 0 Å². The van der Waals surface area contributed by atoms with Crippen molar-refractivity contribution in [1.29, 1.82) is 0 Å². The maximum Gasteiger partial charge on any atom is 0.274 e. The van der Waals surface area contributed by atoms with Crippen molar-refractivity contribution in [3.8, 4) is 0 Å². The molecule has 2 amide bonds. The van der Waals surface area contributed by atoms with Crippen LogP contribution in [0.2, 0.25) is 0 Å². The second kappa shape index (κ2) is 8.16. The maximum absolute atomic E-state index is 12.7. The SMILES string of the molecule is CC(=O)Nc1ccc(NC(=O)c2cc(C(C)C)nc(N3CCCC3)n2)cc1. The molecule has 1 saturated heterocycles. The molecule has 0 atom stereocenters. The van der Waals surface area contributed by atoms with E-state index in [1.807, 2.05) is 0 Å². The zero-order valence-electron chi connectivity index (χ0n) is 16.0. The second-order valence-corrected chi connectivity index (χ2v) is 7.04. The van der Waals surface area contributed by atoms with Crippen LogP contribution in [-0.4, -0.2) is 34.9 Å². The Morgan fingerprint density at radius 3 is 2.15 bits per heavy atom. The number of anilines is 3. The van der Waals surface area contributed by atoms with Crippen molar-refractivity contribution in [3.63, 3.8) is 0 Å². The quantitative estimate of drug-likeness (QED) is 0.846. The number of carbonyl (C=O) groups excluding carboxylic acids is 2. The molecule has 142 valence electrons. The summed E-state index contributed by atoms with van der Waals surface area (Å²) in [6, 6.07) is 8.73. The van der Waals surface area contributed by atoms with Crippen molar-refractivity contribution < 1.29 is 9.59 Å². The van der Waals surface area contributed by atoms with Gasteiger partial charge < -0.3 is 15.5 Å². The standard InChI is InChI=1S/C20H25N5O2/c1-13(2)17-12-18(24-20(23-17)25-10-4-5-11-25)19(27)22-16-8-6-15(7-9-16)21-14(3)26/h6-9,12-13H,4-5,10-11H2,1-3H3,(H,21,26)(H,22,27). The zero-order chi connectivity index (χ0) is 19.4. The molecule has 1 aliphatic rings. The molecule has 0 unspecified atom stereocenters. The highest BCUT2D eigenvalue weighted by molar-refractivity contribution is 6.03. The average molecular weight is 367 g/mol. The monoisotopic (exact) mass is 367 g/mol. The van der Waals surface area contributed by atoms with E-state index >= 15 is 0 Å². The van der Waals surface area contributed by atoms with E-state index in [0.29, 0.717) is 23.0 Å². The van der Waals surface area contributed by atoms with Crippen LogP contribution in [0.4, 0.5) is 17.3 Å². The number of rotatable bonds is 5. The number of benzene rings is 1. The summed E-state index contributed by atoms with van der Waals surface area (Å²) < 4.78 is 0. The molecule has 7 nitrogen and oxygen atoms in total. The van der Waals surface area contributed by atoms with Crippen LogP contribution in [0.5, 0.6) is 0 Å². The van der Waals surface area contributed by atoms with Crippen LogP contribution in [0.25, 0.3) is 0 Å². The van der Waals surface area contributed by atoms with E-state index < -0.39 is 0 Å². The molecule has 1 aliphatic heterocycles. The molecule has 0 radical (unpaired) electrons. The fourth-order valence-electron chi connectivity index (χ4n) is 2.96. The Kier molecular flexibility index (Phi) is 5.69. The lowest BCUT2D eigenvalue weighted by atomic mass is 10.1. The average Bonchev–Trinajstić information content (AvgIpc) is 3.17. The van der Waals surface area contributed by atoms with E-state index in [1.54, 1.807) is 30.3 Å². The molecule has 2 heterocycles. The van der Waals surface area contributed by atoms with E-state index in [9.17, 15) is 9.59 Å². The number of hydrogen-bond donors (Lipinski definition) is 2. The summed E-state index contributed by atoms with van der Waals surface area (Å²) >= 11 is 0. The van der Waals surface area contributed by atoms with Gasteiger partial charge in [-0.05, 0) is 49.1 Å². The van der Waals surface area contributed by atoms with Crippen LogP contribution in [0.3, 0.4) is 0 Å². The molecule has 3 rings (SSSR count). The summed E-state index contributed by atoms with van der Waals surface area (Å²) in [5.41, 5.74) is 2.54. The fraction of sp³-hybridized carbons (Fsp3) is 0.400. The Labute approximate surface area is 159 Å². The van der Waals surface area contributed by atoms with Crippen molar-refractivity contribution in [2.45, 2.75) is 39.5 Å². The lowest BCUT2D eigenvalue weighted by molar-refractivity contribution is -0.114. The molecular weight excluding hydrogens is 342 g/mol. The topological polar surface area (TPSA) is 87.2 Å². The van der Waals surface area contributed by atoms with Crippen molar-refractivity contribution in [2.24, 2.45) is 0 Å². The number of aromatic nitrogens is 2. The van der Waals surface area contributed by atoms with Crippen LogP contribution >= 0.6 is 0 Å². The molecular formula is C20H25N5O2. The van der Waals surface area contributed by atoms with Crippen molar-refractivity contribution in [3.05, 3.63) is 41.7 Å². The Morgan fingerprint density at radius 1 is 1.00 bits per heavy atom. The van der Waals surface area contributed by atoms with Gasteiger partial charge in [0.1, 0.15) is 5.69 Å². The predicted molar refractivity (Wildman–Crippen MR) is 106 cm³/mol. The number of nitrogens with zero attached hydrogens (tertiary/aromatic N) is 3. The molecule has 7 heteroatoms. The Bertz CT molecular complexity index is 827. The number of amides is 2. The molecule has 1 fully saturated rings. The third-order valence-electron chi connectivity index (χ3n) is 4.41. The molecule has 0 bridgehead atoms. The number of hydrogen-bond acceptors (Lipinski definition) is 5. The first-order valence-electron chi connectivity index (χ1n) is 9.25. The fourth-order valence-corrected chi connectivity index (χ4v) is 2.96. The van der Waals surface area contributed by atoms with Gasteiger partial charge in [-0.3, -0.25) is 9.59 Å². The molecule has 1 aromatic heterocycles. The lowest BCUT2D eigenvalue weighted by Crippen LogP contribution is -2.23. The highest BCUT2D eigenvalue weighted by Crippen LogP contribution is 2.21. The van der Waals surface area contributed by atoms with Crippen molar-refractivity contribution in [1.82, 2.24) is 9.97 Å². The first-order chi connectivity index (χ1) is 12.9. The van der Waals surface area contributed by atoms with E-state index in [4.69, 9.17) is 0 Å². The molecule has 2 N–H and O–H groups in total. The van der Waals surface area contributed by atoms with E-state index in [0.717, 1.165) is 31.6 Å². The summed E-state index contributed by atoms with van der Waals surface area (Å²) in [6.07, 6.45) is 2.24. The number of carbonyl (C=O) groups is 2. The highest BCUT2D eigenvalue weighted by Gasteiger charge is 2.20. The van der Waals surface area contributed by atoms with Crippen molar-refractivity contribution in [2.75, 3.05) is 28.6 Å². The molecule has 27 heavy (non-hydrogen) atoms. The van der Waals surface area contributed by atoms with Gasteiger partial charge in [0.05, 0.1) is 0 Å².